The normalized spacial score (nSPS) is 14.8. The minimum atomic E-state index is -0.402. The summed E-state index contributed by atoms with van der Waals surface area (Å²) in [6, 6.07) is 4.76. The van der Waals surface area contributed by atoms with E-state index >= 15 is 0 Å². The first-order chi connectivity index (χ1) is 11.7. The second-order valence-electron chi connectivity index (χ2n) is 7.74. The maximum atomic E-state index is 12.4. The predicted octanol–water partition coefficient (Wildman–Crippen LogP) is 2.51. The lowest BCUT2D eigenvalue weighted by Gasteiger charge is -2.28. The van der Waals surface area contributed by atoms with Crippen molar-refractivity contribution in [2.45, 2.75) is 26.7 Å². The van der Waals surface area contributed by atoms with Crippen molar-refractivity contribution in [2.75, 3.05) is 45.2 Å². The van der Waals surface area contributed by atoms with Gasteiger partial charge in [-0.25, -0.2) is 0 Å². The first-order valence-corrected chi connectivity index (χ1v) is 8.66. The highest BCUT2D eigenvalue weighted by molar-refractivity contribution is 5.95. The number of anilines is 1. The fourth-order valence-corrected chi connectivity index (χ4v) is 3.37. The number of rotatable bonds is 7. The molecule has 1 saturated heterocycles. The van der Waals surface area contributed by atoms with Crippen LogP contribution in [0, 0.1) is 15.5 Å². The van der Waals surface area contributed by atoms with Gasteiger partial charge in [0.05, 0.1) is 4.92 Å². The van der Waals surface area contributed by atoms with Crippen molar-refractivity contribution in [1.82, 2.24) is 10.2 Å². The van der Waals surface area contributed by atoms with Gasteiger partial charge in [-0.2, -0.15) is 0 Å². The van der Waals surface area contributed by atoms with Gasteiger partial charge in [-0.3, -0.25) is 14.9 Å². The van der Waals surface area contributed by atoms with Crippen molar-refractivity contribution in [3.8, 4) is 0 Å². The highest BCUT2D eigenvalue weighted by atomic mass is 16.6. The minimum absolute atomic E-state index is 0.00195. The van der Waals surface area contributed by atoms with Gasteiger partial charge >= 0.3 is 0 Å². The molecule has 0 radical (unpaired) electrons. The summed E-state index contributed by atoms with van der Waals surface area (Å²) in [7, 11) is 3.98. The van der Waals surface area contributed by atoms with E-state index in [1.807, 2.05) is 19.0 Å². The van der Waals surface area contributed by atoms with Crippen LogP contribution in [0.15, 0.2) is 18.2 Å². The third kappa shape index (κ3) is 5.16. The molecule has 1 aliphatic heterocycles. The molecule has 25 heavy (non-hydrogen) atoms. The van der Waals surface area contributed by atoms with Crippen molar-refractivity contribution >= 4 is 17.3 Å². The van der Waals surface area contributed by atoms with Gasteiger partial charge in [0.2, 0.25) is 0 Å². The summed E-state index contributed by atoms with van der Waals surface area (Å²) in [6.45, 7) is 7.14. The van der Waals surface area contributed by atoms with Crippen molar-refractivity contribution in [3.63, 3.8) is 0 Å². The number of hydrogen-bond acceptors (Lipinski definition) is 5. The van der Waals surface area contributed by atoms with Crippen LogP contribution in [0.2, 0.25) is 0 Å². The Balaban J connectivity index is 2.12. The molecule has 1 N–H and O–H groups in total. The van der Waals surface area contributed by atoms with E-state index in [4.69, 9.17) is 0 Å². The van der Waals surface area contributed by atoms with E-state index in [9.17, 15) is 14.9 Å². The van der Waals surface area contributed by atoms with Gasteiger partial charge in [-0.1, -0.05) is 13.8 Å². The van der Waals surface area contributed by atoms with E-state index in [0.29, 0.717) is 17.8 Å². The molecule has 2 rings (SSSR count). The lowest BCUT2D eigenvalue weighted by molar-refractivity contribution is -0.384. The van der Waals surface area contributed by atoms with E-state index in [1.54, 1.807) is 12.1 Å². The summed E-state index contributed by atoms with van der Waals surface area (Å²) in [6.07, 6.45) is 2.08. The predicted molar refractivity (Wildman–Crippen MR) is 99.2 cm³/mol. The van der Waals surface area contributed by atoms with Crippen LogP contribution in [0.25, 0.3) is 0 Å². The van der Waals surface area contributed by atoms with E-state index in [1.165, 1.54) is 6.07 Å². The number of carbonyl (C=O) groups is 1. The number of carbonyl (C=O) groups excluding carboxylic acids is 1. The van der Waals surface area contributed by atoms with Crippen molar-refractivity contribution < 1.29 is 9.72 Å². The van der Waals surface area contributed by atoms with Crippen molar-refractivity contribution in [3.05, 3.63) is 33.9 Å². The highest BCUT2D eigenvalue weighted by Crippen LogP contribution is 2.31. The Kier molecular flexibility index (Phi) is 6.00. The molecule has 0 aliphatic carbocycles. The van der Waals surface area contributed by atoms with Crippen LogP contribution in [0.3, 0.4) is 0 Å². The zero-order valence-corrected chi connectivity index (χ0v) is 15.5. The monoisotopic (exact) mass is 348 g/mol. The SMILES string of the molecule is CN(C)CC(C)(C)CNC(=O)c1ccc(N2CCCC2)c([N+](=O)[O-])c1. The Bertz CT molecular complexity index is 637. The second-order valence-corrected chi connectivity index (χ2v) is 7.74. The molecule has 7 nitrogen and oxygen atoms in total. The molecule has 0 bridgehead atoms. The van der Waals surface area contributed by atoms with Crippen LogP contribution in [-0.2, 0) is 0 Å². The Hall–Kier alpha value is -2.15. The molecule has 0 unspecified atom stereocenters. The third-order valence-electron chi connectivity index (χ3n) is 4.35. The number of nitro groups is 1. The van der Waals surface area contributed by atoms with E-state index in [-0.39, 0.29) is 17.0 Å². The fraction of sp³-hybridized carbons (Fsp3) is 0.611. The first kappa shape index (κ1) is 19.2. The van der Waals surface area contributed by atoms with Gasteiger partial charge in [0, 0.05) is 37.8 Å². The quantitative estimate of drug-likeness (QED) is 0.605. The lowest BCUT2D eigenvalue weighted by atomic mass is 9.93. The molecule has 1 aromatic carbocycles. The standard InChI is InChI=1S/C18H28N4O3/c1-18(2,13-20(3)4)12-19-17(23)14-7-8-15(16(11-14)22(24)25)21-9-5-6-10-21/h7-8,11H,5-6,9-10,12-13H2,1-4H3,(H,19,23). The molecule has 1 fully saturated rings. The summed E-state index contributed by atoms with van der Waals surface area (Å²) in [5.41, 5.74) is 0.852. The molecule has 0 atom stereocenters. The number of benzene rings is 1. The van der Waals surface area contributed by atoms with Gasteiger partial charge < -0.3 is 15.1 Å². The molecule has 7 heteroatoms. The molecule has 1 aromatic rings. The molecule has 1 amide bonds. The van der Waals surface area contributed by atoms with Crippen LogP contribution in [0.1, 0.15) is 37.0 Å². The summed E-state index contributed by atoms with van der Waals surface area (Å²) >= 11 is 0. The molecule has 0 aromatic heterocycles. The molecule has 0 spiro atoms. The van der Waals surface area contributed by atoms with E-state index < -0.39 is 4.92 Å². The maximum Gasteiger partial charge on any atom is 0.293 e. The first-order valence-electron chi connectivity index (χ1n) is 8.66. The largest absolute Gasteiger partial charge is 0.366 e. The van der Waals surface area contributed by atoms with Crippen molar-refractivity contribution in [2.24, 2.45) is 5.41 Å². The van der Waals surface area contributed by atoms with E-state index in [0.717, 1.165) is 32.5 Å². The number of nitrogens with one attached hydrogen (secondary N) is 1. The maximum absolute atomic E-state index is 12.4. The molecule has 1 aliphatic rings. The molecular weight excluding hydrogens is 320 g/mol. The number of hydrogen-bond donors (Lipinski definition) is 1. The molecule has 1 heterocycles. The fourth-order valence-electron chi connectivity index (χ4n) is 3.37. The van der Waals surface area contributed by atoms with Gasteiger partial charge in [0.25, 0.3) is 11.6 Å². The Morgan fingerprint density at radius 1 is 1.32 bits per heavy atom. The van der Waals surface area contributed by atoms with Crippen LogP contribution < -0.4 is 10.2 Å². The number of amides is 1. The lowest BCUT2D eigenvalue weighted by Crippen LogP contribution is -2.40. The smallest absolute Gasteiger partial charge is 0.293 e. The van der Waals surface area contributed by atoms with Gasteiger partial charge in [0.15, 0.2) is 0 Å². The topological polar surface area (TPSA) is 78.7 Å². The van der Waals surface area contributed by atoms with Crippen LogP contribution in [0.4, 0.5) is 11.4 Å². The third-order valence-corrected chi connectivity index (χ3v) is 4.35. The Morgan fingerprint density at radius 3 is 2.52 bits per heavy atom. The molecule has 138 valence electrons. The second kappa shape index (κ2) is 7.82. The van der Waals surface area contributed by atoms with Crippen LogP contribution in [-0.4, -0.2) is 56.0 Å². The Morgan fingerprint density at radius 2 is 1.96 bits per heavy atom. The van der Waals surface area contributed by atoms with Crippen molar-refractivity contribution in [1.29, 1.82) is 0 Å². The highest BCUT2D eigenvalue weighted by Gasteiger charge is 2.25. The van der Waals surface area contributed by atoms with Gasteiger partial charge in [0.1, 0.15) is 5.69 Å². The average molecular weight is 348 g/mol. The number of nitro benzene ring substituents is 1. The van der Waals surface area contributed by atoms with Crippen LogP contribution >= 0.6 is 0 Å². The average Bonchev–Trinajstić information content (AvgIpc) is 3.05. The summed E-state index contributed by atoms with van der Waals surface area (Å²) in [5.74, 6) is -0.275. The Labute approximate surface area is 149 Å². The van der Waals surface area contributed by atoms with Crippen LogP contribution in [0.5, 0.6) is 0 Å². The van der Waals surface area contributed by atoms with Gasteiger partial charge in [-0.05, 0) is 44.5 Å². The number of nitrogens with zero attached hydrogens (tertiary/aromatic N) is 3. The zero-order valence-electron chi connectivity index (χ0n) is 15.5. The summed E-state index contributed by atoms with van der Waals surface area (Å²) < 4.78 is 0. The minimum Gasteiger partial charge on any atom is -0.366 e. The summed E-state index contributed by atoms with van der Waals surface area (Å²) in [4.78, 5) is 27.5. The zero-order chi connectivity index (χ0) is 18.6. The van der Waals surface area contributed by atoms with Gasteiger partial charge in [-0.15, -0.1) is 0 Å². The summed E-state index contributed by atoms with van der Waals surface area (Å²) in [5, 5.41) is 14.3. The van der Waals surface area contributed by atoms with E-state index in [2.05, 4.69) is 24.1 Å². The molecular formula is C18H28N4O3. The molecule has 0 saturated carbocycles.